The van der Waals surface area contributed by atoms with Crippen LogP contribution >= 0.6 is 22.9 Å². The molecule has 0 radical (unpaired) electrons. The molecule has 1 aliphatic heterocycles. The van der Waals surface area contributed by atoms with E-state index in [1.165, 1.54) is 23.6 Å². The maximum atomic E-state index is 14.2. The van der Waals surface area contributed by atoms with Gasteiger partial charge in [0.2, 0.25) is 5.95 Å². The highest BCUT2D eigenvalue weighted by molar-refractivity contribution is 7.90. The fraction of sp³-hybridized carbons (Fsp3) is 0.208. The van der Waals surface area contributed by atoms with Crippen molar-refractivity contribution < 1.29 is 21.9 Å². The fourth-order valence-corrected chi connectivity index (χ4v) is 6.97. The number of nitrogen functional groups attached to an aromatic ring is 1. The molecule has 4 aromatic rings. The Morgan fingerprint density at radius 3 is 2.46 bits per heavy atom. The van der Waals surface area contributed by atoms with Gasteiger partial charge in [0, 0.05) is 24.8 Å². The number of aromatic nitrogens is 3. The molecule has 8 nitrogen and oxygen atoms in total. The predicted octanol–water partition coefficient (Wildman–Crippen LogP) is 4.59. The zero-order valence-electron chi connectivity index (χ0n) is 19.2. The molecule has 2 aromatic heterocycles. The lowest BCUT2D eigenvalue weighted by atomic mass is 10.1. The summed E-state index contributed by atoms with van der Waals surface area (Å²) in [5.41, 5.74) is 7.45. The first kappa shape index (κ1) is 25.5. The Labute approximate surface area is 220 Å². The molecule has 1 saturated heterocycles. The molecule has 1 fully saturated rings. The first-order valence-corrected chi connectivity index (χ1v) is 14.0. The van der Waals surface area contributed by atoms with Crippen LogP contribution in [0.4, 0.5) is 19.9 Å². The monoisotopic (exact) mass is 563 g/mol. The Kier molecular flexibility index (Phi) is 7.08. The molecule has 0 unspecified atom stereocenters. The number of benzene rings is 2. The van der Waals surface area contributed by atoms with Crippen molar-refractivity contribution in [1.29, 1.82) is 0 Å². The molecule has 13 heteroatoms. The molecule has 2 aromatic carbocycles. The molecule has 0 saturated carbocycles. The lowest BCUT2D eigenvalue weighted by molar-refractivity contribution is 0.122. The number of nitrogens with two attached hydrogens (primary N) is 1. The van der Waals surface area contributed by atoms with Crippen molar-refractivity contribution in [1.82, 2.24) is 15.0 Å². The molecule has 37 heavy (non-hydrogen) atoms. The van der Waals surface area contributed by atoms with Crippen LogP contribution in [0.25, 0.3) is 21.8 Å². The Hall–Kier alpha value is -3.19. The second kappa shape index (κ2) is 10.3. The lowest BCUT2D eigenvalue weighted by Crippen LogP contribution is -2.36. The van der Waals surface area contributed by atoms with Gasteiger partial charge in [-0.05, 0) is 23.8 Å². The van der Waals surface area contributed by atoms with Gasteiger partial charge >= 0.3 is 0 Å². The topological polar surface area (TPSA) is 111 Å². The van der Waals surface area contributed by atoms with Gasteiger partial charge in [0.1, 0.15) is 16.5 Å². The highest BCUT2D eigenvalue weighted by atomic mass is 35.5. The van der Waals surface area contributed by atoms with Crippen molar-refractivity contribution in [3.8, 4) is 21.8 Å². The van der Waals surface area contributed by atoms with E-state index in [0.717, 1.165) is 18.2 Å². The maximum Gasteiger partial charge on any atom is 0.220 e. The molecular formula is C24H20ClF2N5O3S2. The zero-order valence-corrected chi connectivity index (χ0v) is 21.6. The molecule has 2 N–H and O–H groups in total. The Morgan fingerprint density at radius 2 is 1.76 bits per heavy atom. The number of sulfone groups is 1. The lowest BCUT2D eigenvalue weighted by Gasteiger charge is -2.26. The molecule has 1 aliphatic rings. The SMILES string of the molecule is Nc1nccc(-c2sc(N3CCOCC3)nc2-c2cccc(CS(=O)(=O)c3c(F)cccc3F)c2Cl)n1. The van der Waals surface area contributed by atoms with Crippen LogP contribution in [-0.2, 0) is 20.3 Å². The minimum Gasteiger partial charge on any atom is -0.378 e. The van der Waals surface area contributed by atoms with E-state index >= 15 is 0 Å². The normalized spacial score (nSPS) is 14.2. The van der Waals surface area contributed by atoms with Crippen LogP contribution in [0, 0.1) is 11.6 Å². The average molecular weight is 564 g/mol. The number of anilines is 2. The van der Waals surface area contributed by atoms with E-state index in [9.17, 15) is 17.2 Å². The average Bonchev–Trinajstić information content (AvgIpc) is 3.31. The van der Waals surface area contributed by atoms with E-state index in [1.54, 1.807) is 18.2 Å². The predicted molar refractivity (Wildman–Crippen MR) is 138 cm³/mol. The summed E-state index contributed by atoms with van der Waals surface area (Å²) in [6, 6.07) is 9.42. The molecule has 5 rings (SSSR count). The van der Waals surface area contributed by atoms with E-state index < -0.39 is 32.1 Å². The van der Waals surface area contributed by atoms with Gasteiger partial charge in [-0.1, -0.05) is 47.2 Å². The van der Waals surface area contributed by atoms with Gasteiger partial charge in [-0.2, -0.15) is 0 Å². The number of halogens is 3. The van der Waals surface area contributed by atoms with Crippen LogP contribution in [-0.4, -0.2) is 49.7 Å². The molecule has 0 amide bonds. The van der Waals surface area contributed by atoms with E-state index in [2.05, 4.69) is 14.9 Å². The van der Waals surface area contributed by atoms with E-state index in [-0.39, 0.29) is 16.5 Å². The zero-order chi connectivity index (χ0) is 26.2. The molecule has 3 heterocycles. The number of rotatable bonds is 6. The summed E-state index contributed by atoms with van der Waals surface area (Å²) in [6.07, 6.45) is 1.53. The van der Waals surface area contributed by atoms with E-state index in [1.807, 2.05) is 0 Å². The molecule has 192 valence electrons. The van der Waals surface area contributed by atoms with Gasteiger partial charge in [-0.3, -0.25) is 0 Å². The molecule has 0 spiro atoms. The van der Waals surface area contributed by atoms with E-state index in [4.69, 9.17) is 27.1 Å². The van der Waals surface area contributed by atoms with Gasteiger partial charge in [-0.15, -0.1) is 0 Å². The molecule has 0 bridgehead atoms. The largest absolute Gasteiger partial charge is 0.378 e. The van der Waals surface area contributed by atoms with Gasteiger partial charge in [0.15, 0.2) is 15.0 Å². The molecular weight excluding hydrogens is 544 g/mol. The van der Waals surface area contributed by atoms with Crippen LogP contribution in [0.15, 0.2) is 53.6 Å². The van der Waals surface area contributed by atoms with Crippen LogP contribution in [0.1, 0.15) is 5.56 Å². The second-order valence-electron chi connectivity index (χ2n) is 8.16. The third-order valence-electron chi connectivity index (χ3n) is 5.71. The third-order valence-corrected chi connectivity index (χ3v) is 9.00. The van der Waals surface area contributed by atoms with Gasteiger partial charge in [0.05, 0.1) is 40.3 Å². The van der Waals surface area contributed by atoms with Gasteiger partial charge < -0.3 is 15.4 Å². The van der Waals surface area contributed by atoms with Crippen LogP contribution in [0.5, 0.6) is 0 Å². The van der Waals surface area contributed by atoms with Gasteiger partial charge in [0.25, 0.3) is 0 Å². The van der Waals surface area contributed by atoms with Crippen LogP contribution in [0.2, 0.25) is 5.02 Å². The Bertz CT molecular complexity index is 1560. The van der Waals surface area contributed by atoms with Gasteiger partial charge in [-0.25, -0.2) is 32.2 Å². The summed E-state index contributed by atoms with van der Waals surface area (Å²) in [6.45, 7) is 2.42. The highest BCUT2D eigenvalue weighted by Crippen LogP contribution is 2.43. The third kappa shape index (κ3) is 5.14. The summed E-state index contributed by atoms with van der Waals surface area (Å²) in [5, 5.41) is 0.818. The van der Waals surface area contributed by atoms with Crippen molar-refractivity contribution in [2.24, 2.45) is 0 Å². The smallest absolute Gasteiger partial charge is 0.220 e. The molecule has 0 aliphatic carbocycles. The van der Waals surface area contributed by atoms with Crippen molar-refractivity contribution in [2.75, 3.05) is 36.9 Å². The van der Waals surface area contributed by atoms with Crippen molar-refractivity contribution in [3.05, 3.63) is 70.9 Å². The summed E-state index contributed by atoms with van der Waals surface area (Å²) < 4.78 is 59.9. The minimum absolute atomic E-state index is 0.0858. The van der Waals surface area contributed by atoms with Crippen molar-refractivity contribution in [2.45, 2.75) is 10.6 Å². The quantitative estimate of drug-likeness (QED) is 0.362. The number of hydrogen-bond donors (Lipinski definition) is 1. The standard InChI is InChI=1S/C24H20ClF2N5O3S2/c25-19-14(13-37(33,34)22-16(26)5-2-6-17(22)27)3-1-4-15(19)20-21(18-7-8-29-23(28)30-18)36-24(31-20)32-9-11-35-12-10-32/h1-8H,9-13H2,(H2,28,29,30). The van der Waals surface area contributed by atoms with Crippen LogP contribution < -0.4 is 10.6 Å². The number of nitrogens with zero attached hydrogens (tertiary/aromatic N) is 4. The number of morpholine rings is 1. The summed E-state index contributed by atoms with van der Waals surface area (Å²) in [7, 11) is -4.39. The summed E-state index contributed by atoms with van der Waals surface area (Å²) >= 11 is 8.11. The number of ether oxygens (including phenoxy) is 1. The molecule has 0 atom stereocenters. The summed E-state index contributed by atoms with van der Waals surface area (Å²) in [4.78, 5) is 14.9. The van der Waals surface area contributed by atoms with Crippen molar-refractivity contribution >= 4 is 43.9 Å². The Morgan fingerprint density at radius 1 is 1.05 bits per heavy atom. The minimum atomic E-state index is -4.39. The van der Waals surface area contributed by atoms with E-state index in [0.29, 0.717) is 53.3 Å². The number of thiazole rings is 1. The van der Waals surface area contributed by atoms with Crippen LogP contribution in [0.3, 0.4) is 0 Å². The maximum absolute atomic E-state index is 14.2. The number of hydrogen-bond acceptors (Lipinski definition) is 9. The Balaban J connectivity index is 1.60. The van der Waals surface area contributed by atoms with Crippen molar-refractivity contribution in [3.63, 3.8) is 0 Å². The fourth-order valence-electron chi connectivity index (χ4n) is 3.99. The highest BCUT2D eigenvalue weighted by Gasteiger charge is 2.27. The first-order valence-electron chi connectivity index (χ1n) is 11.1. The summed E-state index contributed by atoms with van der Waals surface area (Å²) in [5.74, 6) is -2.94. The second-order valence-corrected chi connectivity index (χ2v) is 11.4. The first-order chi connectivity index (χ1) is 17.7.